The number of pyridine rings is 1. The van der Waals surface area contributed by atoms with Crippen molar-refractivity contribution in [2.24, 2.45) is 0 Å². The van der Waals surface area contributed by atoms with Crippen molar-refractivity contribution < 1.29 is 9.53 Å². The van der Waals surface area contributed by atoms with Crippen LogP contribution < -0.4 is 10.9 Å². The van der Waals surface area contributed by atoms with Crippen LogP contribution in [0.1, 0.15) is 32.3 Å². The van der Waals surface area contributed by atoms with E-state index in [-0.39, 0.29) is 17.6 Å². The molecule has 0 spiro atoms. The Hall–Kier alpha value is -2.92. The molecule has 2 aromatic carbocycles. The summed E-state index contributed by atoms with van der Waals surface area (Å²) in [6.45, 7) is 8.66. The van der Waals surface area contributed by atoms with E-state index in [1.165, 1.54) is 7.11 Å². The van der Waals surface area contributed by atoms with E-state index in [1.54, 1.807) is 6.08 Å². The first-order valence-electron chi connectivity index (χ1n) is 9.62. The van der Waals surface area contributed by atoms with Crippen molar-refractivity contribution in [1.82, 2.24) is 10.3 Å². The largest absolute Gasteiger partial charge is 0.468 e. The van der Waals surface area contributed by atoms with Gasteiger partial charge >= 0.3 is 5.97 Å². The van der Waals surface area contributed by atoms with Gasteiger partial charge in [0, 0.05) is 16.3 Å². The lowest BCUT2D eigenvalue weighted by Gasteiger charge is -2.04. The molecule has 148 valence electrons. The molecule has 1 unspecified atom stereocenters. The Morgan fingerprint density at radius 3 is 2.54 bits per heavy atom. The SMILES string of the molecule is C=Cc1ccc2c(c1)c(=O)[nH]c1ccccc12.CC.COC(=O)C1CCCN1. The first-order valence-corrected chi connectivity index (χ1v) is 9.62. The van der Waals surface area contributed by atoms with Gasteiger partial charge in [0.1, 0.15) is 6.04 Å². The Morgan fingerprint density at radius 1 is 1.14 bits per heavy atom. The van der Waals surface area contributed by atoms with Crippen molar-refractivity contribution >= 4 is 33.7 Å². The van der Waals surface area contributed by atoms with Gasteiger partial charge in [-0.1, -0.05) is 56.8 Å². The fraction of sp³-hybridized carbons (Fsp3) is 0.304. The Labute approximate surface area is 165 Å². The summed E-state index contributed by atoms with van der Waals surface area (Å²) >= 11 is 0. The first-order chi connectivity index (χ1) is 13.6. The number of hydrogen-bond donors (Lipinski definition) is 2. The average molecular weight is 380 g/mol. The molecule has 5 heteroatoms. The van der Waals surface area contributed by atoms with Gasteiger partial charge in [-0.2, -0.15) is 0 Å². The lowest BCUT2D eigenvalue weighted by Crippen LogP contribution is -2.31. The van der Waals surface area contributed by atoms with Crippen LogP contribution in [0.4, 0.5) is 0 Å². The summed E-state index contributed by atoms with van der Waals surface area (Å²) in [6, 6.07) is 13.6. The number of rotatable bonds is 2. The van der Waals surface area contributed by atoms with Crippen LogP contribution >= 0.6 is 0 Å². The Bertz CT molecular complexity index is 1000. The van der Waals surface area contributed by atoms with Crippen LogP contribution in [0.5, 0.6) is 0 Å². The van der Waals surface area contributed by atoms with Crippen LogP contribution in [-0.4, -0.2) is 30.6 Å². The smallest absolute Gasteiger partial charge is 0.322 e. The van der Waals surface area contributed by atoms with E-state index in [2.05, 4.69) is 21.6 Å². The van der Waals surface area contributed by atoms with Crippen LogP contribution in [0.25, 0.3) is 27.8 Å². The summed E-state index contributed by atoms with van der Waals surface area (Å²) in [5, 5.41) is 5.79. The van der Waals surface area contributed by atoms with Crippen molar-refractivity contribution in [3.8, 4) is 0 Å². The molecule has 0 amide bonds. The minimum absolute atomic E-state index is 0.0324. The van der Waals surface area contributed by atoms with Crippen LogP contribution in [0.15, 0.2) is 53.8 Å². The van der Waals surface area contributed by atoms with E-state index < -0.39 is 0 Å². The molecule has 1 aromatic heterocycles. The topological polar surface area (TPSA) is 71.2 Å². The Kier molecular flexibility index (Phi) is 7.96. The van der Waals surface area contributed by atoms with Crippen molar-refractivity contribution in [2.75, 3.05) is 13.7 Å². The second-order valence-electron chi connectivity index (χ2n) is 6.18. The van der Waals surface area contributed by atoms with Gasteiger partial charge in [0.15, 0.2) is 0 Å². The zero-order chi connectivity index (χ0) is 20.5. The van der Waals surface area contributed by atoms with Crippen molar-refractivity contribution in [2.45, 2.75) is 32.7 Å². The number of esters is 1. The molecule has 1 aliphatic rings. The second-order valence-corrected chi connectivity index (χ2v) is 6.18. The Balaban J connectivity index is 0.000000216. The molecule has 1 aliphatic heterocycles. The number of carbonyl (C=O) groups excluding carboxylic acids is 1. The van der Waals surface area contributed by atoms with Crippen LogP contribution in [0.3, 0.4) is 0 Å². The number of fused-ring (bicyclic) bond motifs is 3. The van der Waals surface area contributed by atoms with E-state index in [1.807, 2.05) is 56.3 Å². The highest BCUT2D eigenvalue weighted by atomic mass is 16.5. The highest BCUT2D eigenvalue weighted by Crippen LogP contribution is 2.22. The number of aromatic amines is 1. The molecular formula is C23H28N2O3. The predicted molar refractivity (Wildman–Crippen MR) is 117 cm³/mol. The molecule has 1 saturated heterocycles. The first kappa shape index (κ1) is 21.4. The maximum absolute atomic E-state index is 12.0. The number of H-pyrrole nitrogens is 1. The van der Waals surface area contributed by atoms with Crippen molar-refractivity contribution in [1.29, 1.82) is 0 Å². The fourth-order valence-electron chi connectivity index (χ4n) is 3.16. The monoisotopic (exact) mass is 380 g/mol. The number of benzene rings is 2. The lowest BCUT2D eigenvalue weighted by atomic mass is 10.0. The van der Waals surface area contributed by atoms with E-state index >= 15 is 0 Å². The third kappa shape index (κ3) is 4.87. The molecule has 28 heavy (non-hydrogen) atoms. The number of methoxy groups -OCH3 is 1. The highest BCUT2D eigenvalue weighted by Gasteiger charge is 2.21. The zero-order valence-corrected chi connectivity index (χ0v) is 16.7. The fourth-order valence-corrected chi connectivity index (χ4v) is 3.16. The lowest BCUT2D eigenvalue weighted by molar-refractivity contribution is -0.142. The normalized spacial score (nSPS) is 15.2. The number of hydrogen-bond acceptors (Lipinski definition) is 4. The van der Waals surface area contributed by atoms with E-state index in [0.717, 1.165) is 41.2 Å². The molecule has 0 saturated carbocycles. The van der Waals surface area contributed by atoms with Crippen molar-refractivity contribution in [3.63, 3.8) is 0 Å². The third-order valence-electron chi connectivity index (χ3n) is 4.54. The number of ether oxygens (including phenoxy) is 1. The van der Waals surface area contributed by atoms with E-state index in [4.69, 9.17) is 0 Å². The molecule has 1 atom stereocenters. The number of aromatic nitrogens is 1. The molecule has 0 bridgehead atoms. The van der Waals surface area contributed by atoms with Gasteiger partial charge in [-0.15, -0.1) is 0 Å². The van der Waals surface area contributed by atoms with Gasteiger partial charge in [0.2, 0.25) is 0 Å². The maximum Gasteiger partial charge on any atom is 0.322 e. The summed E-state index contributed by atoms with van der Waals surface area (Å²) in [7, 11) is 1.42. The van der Waals surface area contributed by atoms with Gasteiger partial charge in [-0.05, 0) is 42.5 Å². The number of carbonyl (C=O) groups is 1. The average Bonchev–Trinajstić information content (AvgIpc) is 3.30. The molecule has 2 heterocycles. The van der Waals surface area contributed by atoms with E-state index in [9.17, 15) is 9.59 Å². The Morgan fingerprint density at radius 2 is 1.89 bits per heavy atom. The van der Waals surface area contributed by atoms with Gasteiger partial charge in [0.05, 0.1) is 7.11 Å². The molecule has 0 radical (unpaired) electrons. The molecule has 0 aliphatic carbocycles. The van der Waals surface area contributed by atoms with Gasteiger partial charge in [0.25, 0.3) is 5.56 Å². The minimum Gasteiger partial charge on any atom is -0.468 e. The summed E-state index contributed by atoms with van der Waals surface area (Å²) < 4.78 is 4.53. The number of para-hydroxylation sites is 1. The summed E-state index contributed by atoms with van der Waals surface area (Å²) in [5.74, 6) is -0.132. The molecule has 3 aromatic rings. The van der Waals surface area contributed by atoms with Crippen LogP contribution in [0, 0.1) is 0 Å². The summed E-state index contributed by atoms with van der Waals surface area (Å²) in [4.78, 5) is 25.6. The molecule has 5 nitrogen and oxygen atoms in total. The second kappa shape index (κ2) is 10.4. The van der Waals surface area contributed by atoms with Gasteiger partial charge in [-0.25, -0.2) is 0 Å². The zero-order valence-electron chi connectivity index (χ0n) is 16.7. The summed E-state index contributed by atoms with van der Waals surface area (Å²) in [5.41, 5.74) is 1.78. The van der Waals surface area contributed by atoms with Crippen LogP contribution in [0.2, 0.25) is 0 Å². The highest BCUT2D eigenvalue weighted by molar-refractivity contribution is 6.05. The minimum atomic E-state index is -0.132. The van der Waals surface area contributed by atoms with Crippen molar-refractivity contribution in [3.05, 3.63) is 65.0 Å². The molecule has 1 fully saturated rings. The summed E-state index contributed by atoms with van der Waals surface area (Å²) in [6.07, 6.45) is 3.75. The van der Waals surface area contributed by atoms with Gasteiger partial charge < -0.3 is 15.0 Å². The standard InChI is InChI=1S/C15H11NO.C6H11NO2.C2H6/c1-2-10-7-8-11-12-5-3-4-6-14(12)16-15(17)13(11)9-10;1-9-6(8)5-3-2-4-7-5;1-2/h2-9H,1H2,(H,16,17);5,7H,2-4H2,1H3;1-2H3. The quantitative estimate of drug-likeness (QED) is 0.515. The molecule has 2 N–H and O–H groups in total. The predicted octanol–water partition coefficient (Wildman–Crippen LogP) is 4.26. The molecular weight excluding hydrogens is 352 g/mol. The number of nitrogens with one attached hydrogen (secondary N) is 2. The molecule has 4 rings (SSSR count). The maximum atomic E-state index is 12.0. The third-order valence-corrected chi connectivity index (χ3v) is 4.54. The van der Waals surface area contributed by atoms with Crippen LogP contribution in [-0.2, 0) is 9.53 Å². The van der Waals surface area contributed by atoms with Gasteiger partial charge in [-0.3, -0.25) is 9.59 Å². The van der Waals surface area contributed by atoms with E-state index in [0.29, 0.717) is 5.39 Å².